The van der Waals surface area contributed by atoms with E-state index in [0.29, 0.717) is 31.7 Å². The van der Waals surface area contributed by atoms with Crippen molar-refractivity contribution in [3.63, 3.8) is 0 Å². The molecule has 1 aliphatic heterocycles. The Hall–Kier alpha value is -1.46. The second-order valence-electron chi connectivity index (χ2n) is 4.76. The van der Waals surface area contributed by atoms with Gasteiger partial charge in [0.25, 0.3) is 0 Å². The van der Waals surface area contributed by atoms with Crippen LogP contribution in [0.1, 0.15) is 17.5 Å². The Balaban J connectivity index is 1.77. The Morgan fingerprint density at radius 2 is 2.42 bits per heavy atom. The van der Waals surface area contributed by atoms with Crippen LogP contribution < -0.4 is 10.6 Å². The molecule has 1 aromatic carbocycles. The van der Waals surface area contributed by atoms with Crippen LogP contribution in [-0.2, 0) is 16.1 Å². The van der Waals surface area contributed by atoms with E-state index in [1.807, 2.05) is 0 Å². The van der Waals surface area contributed by atoms with Crippen LogP contribution in [0.4, 0.5) is 4.39 Å². The van der Waals surface area contributed by atoms with E-state index in [-0.39, 0.29) is 17.8 Å². The van der Waals surface area contributed by atoms with Gasteiger partial charge in [0.1, 0.15) is 5.82 Å². The fourth-order valence-corrected chi connectivity index (χ4v) is 2.05. The minimum absolute atomic E-state index is 0.0457. The maximum atomic E-state index is 13.1. The molecule has 1 heterocycles. The van der Waals surface area contributed by atoms with Crippen molar-refractivity contribution >= 4 is 5.91 Å². The zero-order valence-electron chi connectivity index (χ0n) is 11.0. The smallest absolute Gasteiger partial charge is 0.222 e. The number of carbonyl (C=O) groups excluding carboxylic acids is 1. The molecule has 0 spiro atoms. The molecule has 19 heavy (non-hydrogen) atoms. The minimum Gasteiger partial charge on any atom is -0.375 e. The van der Waals surface area contributed by atoms with Crippen LogP contribution in [0, 0.1) is 12.7 Å². The molecule has 1 fully saturated rings. The van der Waals surface area contributed by atoms with Crippen LogP contribution in [0.2, 0.25) is 0 Å². The zero-order chi connectivity index (χ0) is 13.7. The van der Waals surface area contributed by atoms with E-state index in [1.54, 1.807) is 19.1 Å². The van der Waals surface area contributed by atoms with Crippen molar-refractivity contribution in [2.24, 2.45) is 0 Å². The molecular weight excluding hydrogens is 247 g/mol. The van der Waals surface area contributed by atoms with Crippen LogP contribution >= 0.6 is 0 Å². The van der Waals surface area contributed by atoms with Gasteiger partial charge in [-0.2, -0.15) is 0 Å². The highest BCUT2D eigenvalue weighted by atomic mass is 19.1. The molecule has 104 valence electrons. The van der Waals surface area contributed by atoms with Gasteiger partial charge in [-0.05, 0) is 24.1 Å². The number of aryl methyl sites for hydroxylation is 1. The van der Waals surface area contributed by atoms with Gasteiger partial charge in [-0.3, -0.25) is 4.79 Å². The quantitative estimate of drug-likeness (QED) is 0.859. The topological polar surface area (TPSA) is 50.4 Å². The molecule has 0 aliphatic carbocycles. The minimum atomic E-state index is -0.225. The zero-order valence-corrected chi connectivity index (χ0v) is 11.0. The molecule has 0 bridgehead atoms. The van der Waals surface area contributed by atoms with E-state index in [0.717, 1.165) is 12.1 Å². The highest BCUT2D eigenvalue weighted by Crippen LogP contribution is 2.09. The lowest BCUT2D eigenvalue weighted by Gasteiger charge is -2.23. The number of nitrogens with one attached hydrogen (secondary N) is 2. The van der Waals surface area contributed by atoms with Crippen LogP contribution in [0.3, 0.4) is 0 Å². The Bertz CT molecular complexity index is 445. The largest absolute Gasteiger partial charge is 0.375 e. The third kappa shape index (κ3) is 4.29. The molecular formula is C14H19FN2O2. The number of amides is 1. The predicted molar refractivity (Wildman–Crippen MR) is 70.2 cm³/mol. The summed E-state index contributed by atoms with van der Waals surface area (Å²) in [5, 5.41) is 6.00. The van der Waals surface area contributed by atoms with Crippen LogP contribution in [0.15, 0.2) is 18.2 Å². The maximum Gasteiger partial charge on any atom is 0.222 e. The van der Waals surface area contributed by atoms with Crippen molar-refractivity contribution in [1.82, 2.24) is 10.6 Å². The normalized spacial score (nSPS) is 19.2. The molecule has 1 aliphatic rings. The number of hydrogen-bond donors (Lipinski definition) is 2. The summed E-state index contributed by atoms with van der Waals surface area (Å²) in [5.41, 5.74) is 1.49. The molecule has 5 heteroatoms. The predicted octanol–water partition coefficient (Wildman–Crippen LogP) is 1.13. The summed E-state index contributed by atoms with van der Waals surface area (Å²) in [6, 6.07) is 4.85. The Morgan fingerprint density at radius 3 is 3.11 bits per heavy atom. The van der Waals surface area contributed by atoms with Crippen LogP contribution in [0.25, 0.3) is 0 Å². The summed E-state index contributed by atoms with van der Waals surface area (Å²) in [4.78, 5) is 11.7. The van der Waals surface area contributed by atoms with Gasteiger partial charge >= 0.3 is 0 Å². The molecule has 1 unspecified atom stereocenters. The summed E-state index contributed by atoms with van der Waals surface area (Å²) in [6.45, 7) is 4.33. The summed E-state index contributed by atoms with van der Waals surface area (Å²) in [7, 11) is 0. The van der Waals surface area contributed by atoms with Crippen molar-refractivity contribution < 1.29 is 13.9 Å². The van der Waals surface area contributed by atoms with E-state index in [4.69, 9.17) is 4.74 Å². The number of rotatable bonds is 4. The van der Waals surface area contributed by atoms with Gasteiger partial charge < -0.3 is 15.4 Å². The average molecular weight is 266 g/mol. The third-order valence-corrected chi connectivity index (χ3v) is 3.13. The molecule has 0 aromatic heterocycles. The molecule has 2 rings (SSSR count). The first kappa shape index (κ1) is 14.0. The highest BCUT2D eigenvalue weighted by molar-refractivity contribution is 5.76. The standard InChI is InChI=1S/C14H19FN2O2/c1-10-6-11(2-3-13(10)15)8-17-14(18)7-12-9-16-4-5-19-12/h2-3,6,12,16H,4-5,7-9H2,1H3,(H,17,18). The molecule has 2 N–H and O–H groups in total. The number of hydrogen-bond acceptors (Lipinski definition) is 3. The van der Waals surface area contributed by atoms with Crippen LogP contribution in [-0.4, -0.2) is 31.7 Å². The number of carbonyl (C=O) groups is 1. The Kier molecular flexibility index (Phi) is 4.87. The Labute approximate surface area is 112 Å². The summed E-state index contributed by atoms with van der Waals surface area (Å²) in [5.74, 6) is -0.271. The molecule has 0 saturated carbocycles. The molecule has 1 saturated heterocycles. The monoisotopic (exact) mass is 266 g/mol. The van der Waals surface area contributed by atoms with E-state index < -0.39 is 0 Å². The number of benzene rings is 1. The van der Waals surface area contributed by atoms with Crippen molar-refractivity contribution in [2.75, 3.05) is 19.7 Å². The number of halogens is 1. The van der Waals surface area contributed by atoms with Crippen molar-refractivity contribution in [3.05, 3.63) is 35.1 Å². The number of morpholine rings is 1. The summed E-state index contributed by atoms with van der Waals surface area (Å²) < 4.78 is 18.6. The summed E-state index contributed by atoms with van der Waals surface area (Å²) in [6.07, 6.45) is 0.302. The van der Waals surface area contributed by atoms with E-state index in [1.165, 1.54) is 6.07 Å². The summed E-state index contributed by atoms with van der Waals surface area (Å²) >= 11 is 0. The van der Waals surface area contributed by atoms with Crippen molar-refractivity contribution in [1.29, 1.82) is 0 Å². The van der Waals surface area contributed by atoms with Crippen molar-refractivity contribution in [3.8, 4) is 0 Å². The number of ether oxygens (including phenoxy) is 1. The maximum absolute atomic E-state index is 13.1. The van der Waals surface area contributed by atoms with Crippen molar-refractivity contribution in [2.45, 2.75) is 26.0 Å². The van der Waals surface area contributed by atoms with Gasteiger partial charge in [0.2, 0.25) is 5.91 Å². The van der Waals surface area contributed by atoms with Gasteiger partial charge in [0, 0.05) is 19.6 Å². The first-order valence-electron chi connectivity index (χ1n) is 6.49. The van der Waals surface area contributed by atoms with Gasteiger partial charge in [-0.15, -0.1) is 0 Å². The van der Waals surface area contributed by atoms with E-state index in [9.17, 15) is 9.18 Å². The lowest BCUT2D eigenvalue weighted by atomic mass is 10.1. The molecule has 1 atom stereocenters. The average Bonchev–Trinajstić information content (AvgIpc) is 2.41. The second kappa shape index (κ2) is 6.63. The first-order valence-corrected chi connectivity index (χ1v) is 6.49. The molecule has 4 nitrogen and oxygen atoms in total. The third-order valence-electron chi connectivity index (χ3n) is 3.13. The molecule has 1 amide bonds. The first-order chi connectivity index (χ1) is 9.15. The van der Waals surface area contributed by atoms with E-state index in [2.05, 4.69) is 10.6 Å². The van der Waals surface area contributed by atoms with Gasteiger partial charge in [0.15, 0.2) is 0 Å². The fourth-order valence-electron chi connectivity index (χ4n) is 2.05. The van der Waals surface area contributed by atoms with Gasteiger partial charge in [0.05, 0.1) is 19.1 Å². The van der Waals surface area contributed by atoms with E-state index >= 15 is 0 Å². The second-order valence-corrected chi connectivity index (χ2v) is 4.76. The lowest BCUT2D eigenvalue weighted by molar-refractivity contribution is -0.124. The molecule has 0 radical (unpaired) electrons. The Morgan fingerprint density at radius 1 is 1.58 bits per heavy atom. The van der Waals surface area contributed by atoms with Crippen LogP contribution in [0.5, 0.6) is 0 Å². The van der Waals surface area contributed by atoms with Gasteiger partial charge in [-0.25, -0.2) is 4.39 Å². The SMILES string of the molecule is Cc1cc(CNC(=O)CC2CNCCO2)ccc1F. The highest BCUT2D eigenvalue weighted by Gasteiger charge is 2.16. The fraction of sp³-hybridized carbons (Fsp3) is 0.500. The molecule has 1 aromatic rings. The lowest BCUT2D eigenvalue weighted by Crippen LogP contribution is -2.41. The van der Waals surface area contributed by atoms with Gasteiger partial charge in [-0.1, -0.05) is 12.1 Å².